The minimum atomic E-state index is 0.0890. The number of halogens is 3. The summed E-state index contributed by atoms with van der Waals surface area (Å²) in [6.07, 6.45) is 3.90. The van der Waals surface area contributed by atoms with Crippen LogP contribution in [0.2, 0.25) is 10.0 Å². The Balaban J connectivity index is 1.92. The molecule has 1 N–H and O–H groups in total. The van der Waals surface area contributed by atoms with Crippen molar-refractivity contribution in [2.45, 2.75) is 46.1 Å². The average Bonchev–Trinajstić information content (AvgIpc) is 3.16. The van der Waals surface area contributed by atoms with Crippen molar-refractivity contribution in [3.8, 4) is 21.6 Å². The van der Waals surface area contributed by atoms with Crippen LogP contribution in [0.4, 0.5) is 0 Å². The van der Waals surface area contributed by atoms with E-state index in [1.165, 1.54) is 0 Å². The third-order valence-corrected chi connectivity index (χ3v) is 7.44. The Morgan fingerprint density at radius 1 is 1.00 bits per heavy atom. The van der Waals surface area contributed by atoms with E-state index in [1.807, 2.05) is 24.3 Å². The van der Waals surface area contributed by atoms with Gasteiger partial charge in [-0.05, 0) is 48.7 Å². The number of hydrogen-bond acceptors (Lipinski definition) is 2. The lowest BCUT2D eigenvalue weighted by Crippen LogP contribution is -2.30. The van der Waals surface area contributed by atoms with Crippen molar-refractivity contribution in [3.63, 3.8) is 0 Å². The largest absolute Gasteiger partial charge is 0.351 e. The van der Waals surface area contributed by atoms with Crippen LogP contribution in [0.15, 0.2) is 53.0 Å². The number of thiophene rings is 1. The Hall–Kier alpha value is -1.33. The molecule has 0 fully saturated rings. The molecule has 0 radical (unpaired) electrons. The Labute approximate surface area is 207 Å². The van der Waals surface area contributed by atoms with E-state index in [0.29, 0.717) is 16.6 Å². The molecule has 1 amide bonds. The first-order valence-electron chi connectivity index (χ1n) is 10.5. The van der Waals surface area contributed by atoms with Crippen LogP contribution in [-0.2, 0) is 11.3 Å². The van der Waals surface area contributed by atoms with Gasteiger partial charge in [-0.1, -0.05) is 84.0 Å². The van der Waals surface area contributed by atoms with Gasteiger partial charge in [-0.3, -0.25) is 4.79 Å². The molecule has 2 aromatic carbocycles. The molecule has 0 atom stereocenters. The molecule has 31 heavy (non-hydrogen) atoms. The maximum Gasteiger partial charge on any atom is 0.223 e. The summed E-state index contributed by atoms with van der Waals surface area (Å²) in [5.41, 5.74) is 3.15. The zero-order valence-electron chi connectivity index (χ0n) is 17.7. The second-order valence-corrected chi connectivity index (χ2v) is 10.5. The Bertz CT molecular complexity index is 1030. The molecular formula is C25H26BrCl2NOS. The van der Waals surface area contributed by atoms with E-state index in [-0.39, 0.29) is 11.8 Å². The molecule has 0 bridgehead atoms. The Kier molecular flexibility index (Phi) is 9.03. The predicted molar refractivity (Wildman–Crippen MR) is 138 cm³/mol. The van der Waals surface area contributed by atoms with Crippen LogP contribution < -0.4 is 5.32 Å². The number of carbonyl (C=O) groups is 1. The van der Waals surface area contributed by atoms with Crippen molar-refractivity contribution < 1.29 is 4.79 Å². The average molecular weight is 539 g/mol. The van der Waals surface area contributed by atoms with E-state index in [4.69, 9.17) is 23.2 Å². The van der Waals surface area contributed by atoms with Gasteiger partial charge in [-0.25, -0.2) is 0 Å². The fourth-order valence-electron chi connectivity index (χ4n) is 3.67. The highest BCUT2D eigenvalue weighted by Gasteiger charge is 2.19. The van der Waals surface area contributed by atoms with Crippen LogP contribution >= 0.6 is 50.5 Å². The summed E-state index contributed by atoms with van der Waals surface area (Å²) in [5.74, 6) is 0.236. The van der Waals surface area contributed by atoms with Crippen LogP contribution in [0.25, 0.3) is 21.6 Å². The lowest BCUT2D eigenvalue weighted by molar-refractivity contribution is -0.125. The minimum absolute atomic E-state index is 0.0890. The summed E-state index contributed by atoms with van der Waals surface area (Å²) >= 11 is 17.8. The van der Waals surface area contributed by atoms with Crippen molar-refractivity contribution in [1.29, 1.82) is 0 Å². The number of amides is 1. The lowest BCUT2D eigenvalue weighted by Gasteiger charge is -2.14. The molecule has 0 spiro atoms. The van der Waals surface area contributed by atoms with Gasteiger partial charge in [-0.15, -0.1) is 11.3 Å². The smallest absolute Gasteiger partial charge is 0.223 e. The number of carbonyl (C=O) groups excluding carboxylic acids is 1. The van der Waals surface area contributed by atoms with Crippen molar-refractivity contribution in [2.24, 2.45) is 5.92 Å². The zero-order valence-corrected chi connectivity index (χ0v) is 21.6. The van der Waals surface area contributed by atoms with Gasteiger partial charge in [0, 0.05) is 36.3 Å². The third-order valence-electron chi connectivity index (χ3n) is 5.20. The third kappa shape index (κ3) is 6.35. The second-order valence-electron chi connectivity index (χ2n) is 7.58. The fraction of sp³-hybridized carbons (Fsp3) is 0.320. The van der Waals surface area contributed by atoms with Crippen molar-refractivity contribution >= 4 is 56.4 Å². The highest BCUT2D eigenvalue weighted by Crippen LogP contribution is 2.43. The molecule has 0 unspecified atom stereocenters. The SMILES string of the molecule is CCCC(CCC)C(=O)NCc1cc(-c2ccc(Br)cc2)c(-c2ccc(Cl)cc2Cl)s1. The van der Waals surface area contributed by atoms with E-state index in [9.17, 15) is 4.79 Å². The standard InChI is InChI=1S/C25H26BrCl2NOS/c1-3-5-17(6-4-2)25(30)29-15-20-14-22(16-7-9-18(26)10-8-16)24(31-20)21-12-11-19(27)13-23(21)28/h7-14,17H,3-6,15H2,1-2H3,(H,29,30). The minimum Gasteiger partial charge on any atom is -0.351 e. The van der Waals surface area contributed by atoms with Crippen LogP contribution in [-0.4, -0.2) is 5.91 Å². The van der Waals surface area contributed by atoms with Gasteiger partial charge in [0.05, 0.1) is 11.6 Å². The monoisotopic (exact) mass is 537 g/mol. The van der Waals surface area contributed by atoms with E-state index in [1.54, 1.807) is 17.4 Å². The zero-order chi connectivity index (χ0) is 22.4. The lowest BCUT2D eigenvalue weighted by atomic mass is 9.97. The van der Waals surface area contributed by atoms with Gasteiger partial charge in [0.1, 0.15) is 0 Å². The number of rotatable bonds is 9. The second kappa shape index (κ2) is 11.5. The highest BCUT2D eigenvalue weighted by molar-refractivity contribution is 9.10. The molecule has 6 heteroatoms. The van der Waals surface area contributed by atoms with Gasteiger partial charge in [0.15, 0.2) is 0 Å². The molecule has 0 aliphatic rings. The summed E-state index contributed by atoms with van der Waals surface area (Å²) in [6, 6.07) is 16.0. The summed E-state index contributed by atoms with van der Waals surface area (Å²) in [4.78, 5) is 14.9. The first-order valence-corrected chi connectivity index (χ1v) is 12.9. The molecule has 0 saturated carbocycles. The van der Waals surface area contributed by atoms with Gasteiger partial charge < -0.3 is 5.32 Å². The van der Waals surface area contributed by atoms with Crippen LogP contribution in [0.3, 0.4) is 0 Å². The first kappa shape index (κ1) is 24.3. The number of benzene rings is 2. The molecule has 1 heterocycles. The number of nitrogens with one attached hydrogen (secondary N) is 1. The van der Waals surface area contributed by atoms with E-state index < -0.39 is 0 Å². The first-order chi connectivity index (χ1) is 14.9. The van der Waals surface area contributed by atoms with Crippen LogP contribution in [0.5, 0.6) is 0 Å². The predicted octanol–water partition coefficient (Wildman–Crippen LogP) is 8.98. The van der Waals surface area contributed by atoms with Crippen LogP contribution in [0.1, 0.15) is 44.4 Å². The molecule has 1 aromatic heterocycles. The van der Waals surface area contributed by atoms with E-state index in [2.05, 4.69) is 53.3 Å². The fourth-order valence-corrected chi connectivity index (χ4v) is 5.65. The van der Waals surface area contributed by atoms with Gasteiger partial charge >= 0.3 is 0 Å². The molecule has 164 valence electrons. The maximum atomic E-state index is 12.7. The highest BCUT2D eigenvalue weighted by atomic mass is 79.9. The van der Waals surface area contributed by atoms with Crippen LogP contribution in [0, 0.1) is 5.92 Å². The summed E-state index contributed by atoms with van der Waals surface area (Å²) in [5, 5.41) is 4.39. The van der Waals surface area contributed by atoms with Crippen molar-refractivity contribution in [2.75, 3.05) is 0 Å². The molecule has 0 saturated heterocycles. The van der Waals surface area contributed by atoms with Crippen molar-refractivity contribution in [1.82, 2.24) is 5.32 Å². The molecule has 0 aliphatic carbocycles. The maximum absolute atomic E-state index is 12.7. The molecule has 3 rings (SSSR count). The van der Waals surface area contributed by atoms with Gasteiger partial charge in [-0.2, -0.15) is 0 Å². The summed E-state index contributed by atoms with van der Waals surface area (Å²) in [7, 11) is 0. The summed E-state index contributed by atoms with van der Waals surface area (Å²) in [6.45, 7) is 4.77. The van der Waals surface area contributed by atoms with Crippen molar-refractivity contribution in [3.05, 3.63) is 67.9 Å². The molecule has 2 nitrogen and oxygen atoms in total. The molecule has 0 aliphatic heterocycles. The molecular weight excluding hydrogens is 513 g/mol. The normalized spacial score (nSPS) is 11.2. The van der Waals surface area contributed by atoms with Gasteiger partial charge in [0.2, 0.25) is 5.91 Å². The van der Waals surface area contributed by atoms with Gasteiger partial charge in [0.25, 0.3) is 0 Å². The molecule has 3 aromatic rings. The topological polar surface area (TPSA) is 29.1 Å². The van der Waals surface area contributed by atoms with E-state index in [0.717, 1.165) is 56.6 Å². The quantitative estimate of drug-likeness (QED) is 0.289. The Morgan fingerprint density at radius 3 is 2.29 bits per heavy atom. The summed E-state index contributed by atoms with van der Waals surface area (Å²) < 4.78 is 1.03. The number of hydrogen-bond donors (Lipinski definition) is 1. The van der Waals surface area contributed by atoms with E-state index >= 15 is 0 Å². The Morgan fingerprint density at radius 2 is 1.68 bits per heavy atom.